The highest BCUT2D eigenvalue weighted by atomic mass is 32.2. The van der Waals surface area contributed by atoms with E-state index < -0.39 is 22.5 Å². The Morgan fingerprint density at radius 2 is 1.87 bits per heavy atom. The monoisotopic (exact) mass is 236 g/mol. The first-order valence-electron chi connectivity index (χ1n) is 4.51. The predicted molar refractivity (Wildman–Crippen MR) is 53.0 cm³/mol. The van der Waals surface area contributed by atoms with Crippen LogP contribution in [-0.4, -0.2) is 9.96 Å². The van der Waals surface area contributed by atoms with Crippen LogP contribution < -0.4 is 0 Å². The van der Waals surface area contributed by atoms with E-state index in [2.05, 4.69) is 0 Å². The number of hydrogen-bond donors (Lipinski definition) is 0. The lowest BCUT2D eigenvalue weighted by Gasteiger charge is -2.11. The average Bonchev–Trinajstić information content (AvgIpc) is 2.17. The number of benzene rings is 1. The van der Waals surface area contributed by atoms with Crippen molar-refractivity contribution in [3.8, 4) is 0 Å². The minimum atomic E-state index is -4.43. The van der Waals surface area contributed by atoms with E-state index in [1.807, 2.05) is 0 Å². The number of rotatable bonds is 3. The molecular formula is C10H11F3OS. The van der Waals surface area contributed by atoms with Gasteiger partial charge in [0.05, 0.1) is 21.3 Å². The van der Waals surface area contributed by atoms with Gasteiger partial charge in [0.2, 0.25) is 0 Å². The summed E-state index contributed by atoms with van der Waals surface area (Å²) in [5.41, 5.74) is -0.795. The maximum absolute atomic E-state index is 12.5. The van der Waals surface area contributed by atoms with Gasteiger partial charge >= 0.3 is 6.18 Å². The Bertz CT molecular complexity index is 360. The largest absolute Gasteiger partial charge is 0.417 e. The van der Waals surface area contributed by atoms with Crippen LogP contribution in [0.5, 0.6) is 0 Å². The van der Waals surface area contributed by atoms with Crippen LogP contribution in [0.15, 0.2) is 29.2 Å². The van der Waals surface area contributed by atoms with Gasteiger partial charge in [0.25, 0.3) is 0 Å². The van der Waals surface area contributed by atoms with E-state index in [9.17, 15) is 17.4 Å². The molecule has 0 aliphatic carbocycles. The minimum Gasteiger partial charge on any atom is -0.254 e. The number of hydrogen-bond acceptors (Lipinski definition) is 1. The molecule has 1 atom stereocenters. The molecule has 84 valence electrons. The van der Waals surface area contributed by atoms with Gasteiger partial charge in [-0.3, -0.25) is 4.21 Å². The topological polar surface area (TPSA) is 17.1 Å². The maximum atomic E-state index is 12.5. The second kappa shape index (κ2) is 4.79. The fourth-order valence-electron chi connectivity index (χ4n) is 1.19. The van der Waals surface area contributed by atoms with Crippen LogP contribution in [0, 0.1) is 0 Å². The molecule has 1 aromatic carbocycles. The van der Waals surface area contributed by atoms with Crippen molar-refractivity contribution in [2.45, 2.75) is 24.4 Å². The summed E-state index contributed by atoms with van der Waals surface area (Å²) in [4.78, 5) is -0.119. The van der Waals surface area contributed by atoms with Crippen molar-refractivity contribution in [1.82, 2.24) is 0 Å². The summed E-state index contributed by atoms with van der Waals surface area (Å²) in [6, 6.07) is 5.01. The molecule has 1 rings (SSSR count). The summed E-state index contributed by atoms with van der Waals surface area (Å²) in [6.45, 7) is 1.79. The molecule has 0 heterocycles. The molecule has 0 radical (unpaired) electrons. The molecule has 0 amide bonds. The standard InChI is InChI=1S/C10H11F3OS/c1-2-7-15(14)9-6-4-3-5-8(9)10(11,12)13/h3-6H,2,7H2,1H3/t15-/m1/s1. The first kappa shape index (κ1) is 12.2. The third-order valence-corrected chi connectivity index (χ3v) is 3.45. The maximum Gasteiger partial charge on any atom is 0.417 e. The van der Waals surface area contributed by atoms with Crippen LogP contribution in [-0.2, 0) is 17.0 Å². The fraction of sp³-hybridized carbons (Fsp3) is 0.400. The molecule has 0 spiro atoms. The highest BCUT2D eigenvalue weighted by molar-refractivity contribution is 7.85. The van der Waals surface area contributed by atoms with E-state index in [0.717, 1.165) is 6.07 Å². The van der Waals surface area contributed by atoms with E-state index in [1.165, 1.54) is 18.2 Å². The zero-order valence-electron chi connectivity index (χ0n) is 8.17. The Labute approximate surface area is 88.8 Å². The van der Waals surface area contributed by atoms with Crippen molar-refractivity contribution in [1.29, 1.82) is 0 Å². The molecule has 0 saturated heterocycles. The quantitative estimate of drug-likeness (QED) is 0.787. The first-order valence-corrected chi connectivity index (χ1v) is 5.83. The molecule has 15 heavy (non-hydrogen) atoms. The summed E-state index contributed by atoms with van der Waals surface area (Å²) in [6.07, 6.45) is -3.83. The number of halogens is 3. The van der Waals surface area contributed by atoms with Crippen LogP contribution in [0.1, 0.15) is 18.9 Å². The Morgan fingerprint density at radius 1 is 1.27 bits per heavy atom. The molecular weight excluding hydrogens is 225 g/mol. The van der Waals surface area contributed by atoms with E-state index in [-0.39, 0.29) is 10.6 Å². The van der Waals surface area contributed by atoms with Crippen LogP contribution >= 0.6 is 0 Å². The molecule has 0 saturated carbocycles. The van der Waals surface area contributed by atoms with Gasteiger partial charge in [0, 0.05) is 5.75 Å². The van der Waals surface area contributed by atoms with E-state index >= 15 is 0 Å². The summed E-state index contributed by atoms with van der Waals surface area (Å²) in [5.74, 6) is 0.257. The van der Waals surface area contributed by atoms with Crippen molar-refractivity contribution in [3.63, 3.8) is 0 Å². The molecule has 1 nitrogen and oxygen atoms in total. The normalized spacial score (nSPS) is 13.9. The summed E-state index contributed by atoms with van der Waals surface area (Å²) < 4.78 is 49.1. The highest BCUT2D eigenvalue weighted by Gasteiger charge is 2.34. The highest BCUT2D eigenvalue weighted by Crippen LogP contribution is 2.33. The summed E-state index contributed by atoms with van der Waals surface area (Å²) in [5, 5.41) is 0. The Kier molecular flexibility index (Phi) is 3.90. The zero-order valence-corrected chi connectivity index (χ0v) is 8.99. The van der Waals surface area contributed by atoms with Gasteiger partial charge in [-0.2, -0.15) is 13.2 Å². The molecule has 0 aliphatic rings. The second-order valence-electron chi connectivity index (χ2n) is 3.04. The average molecular weight is 236 g/mol. The lowest BCUT2D eigenvalue weighted by Crippen LogP contribution is -2.11. The summed E-state index contributed by atoms with van der Waals surface area (Å²) >= 11 is 0. The molecule has 0 N–H and O–H groups in total. The van der Waals surface area contributed by atoms with E-state index in [4.69, 9.17) is 0 Å². The smallest absolute Gasteiger partial charge is 0.254 e. The predicted octanol–water partition coefficient (Wildman–Crippen LogP) is 3.22. The lowest BCUT2D eigenvalue weighted by atomic mass is 10.2. The summed E-state index contributed by atoms with van der Waals surface area (Å²) in [7, 11) is -1.56. The van der Waals surface area contributed by atoms with Gasteiger partial charge in [-0.15, -0.1) is 0 Å². The SMILES string of the molecule is CCC[S@@](=O)c1ccccc1C(F)(F)F. The lowest BCUT2D eigenvalue weighted by molar-refractivity contribution is -0.139. The van der Waals surface area contributed by atoms with Crippen molar-refractivity contribution in [3.05, 3.63) is 29.8 Å². The fourth-order valence-corrected chi connectivity index (χ4v) is 2.44. The molecule has 0 unspecified atom stereocenters. The van der Waals surface area contributed by atoms with Gasteiger partial charge in [-0.05, 0) is 18.6 Å². The minimum absolute atomic E-state index is 0.119. The Morgan fingerprint density at radius 3 is 2.40 bits per heavy atom. The van der Waals surface area contributed by atoms with Gasteiger partial charge in [-0.1, -0.05) is 19.1 Å². The zero-order chi connectivity index (χ0) is 11.5. The molecule has 1 aromatic rings. The van der Waals surface area contributed by atoms with Crippen LogP contribution in [0.3, 0.4) is 0 Å². The van der Waals surface area contributed by atoms with Crippen molar-refractivity contribution in [2.24, 2.45) is 0 Å². The Balaban J connectivity index is 3.12. The van der Waals surface area contributed by atoms with Gasteiger partial charge in [0.1, 0.15) is 0 Å². The van der Waals surface area contributed by atoms with E-state index in [1.54, 1.807) is 6.92 Å². The molecule has 0 fully saturated rings. The Hall–Kier alpha value is -0.840. The molecule has 0 aromatic heterocycles. The number of alkyl halides is 3. The third-order valence-electron chi connectivity index (χ3n) is 1.83. The van der Waals surface area contributed by atoms with Gasteiger partial charge < -0.3 is 0 Å². The van der Waals surface area contributed by atoms with Crippen molar-refractivity contribution >= 4 is 10.8 Å². The third kappa shape index (κ3) is 3.06. The van der Waals surface area contributed by atoms with Crippen LogP contribution in [0.25, 0.3) is 0 Å². The molecule has 5 heteroatoms. The second-order valence-corrected chi connectivity index (χ2v) is 4.58. The first-order chi connectivity index (χ1) is 6.96. The van der Waals surface area contributed by atoms with E-state index in [0.29, 0.717) is 6.42 Å². The van der Waals surface area contributed by atoms with Crippen molar-refractivity contribution < 1.29 is 17.4 Å². The van der Waals surface area contributed by atoms with Gasteiger partial charge in [-0.25, -0.2) is 0 Å². The molecule has 0 aliphatic heterocycles. The van der Waals surface area contributed by atoms with Crippen molar-refractivity contribution in [2.75, 3.05) is 5.75 Å². The van der Waals surface area contributed by atoms with Crippen LogP contribution in [0.2, 0.25) is 0 Å². The van der Waals surface area contributed by atoms with Gasteiger partial charge in [0.15, 0.2) is 0 Å². The van der Waals surface area contributed by atoms with Crippen LogP contribution in [0.4, 0.5) is 13.2 Å². The molecule has 0 bridgehead atoms.